The number of hydrazone groups is 1. The van der Waals surface area contributed by atoms with Gasteiger partial charge < -0.3 is 4.40 Å². The fourth-order valence-corrected chi connectivity index (χ4v) is 3.21. The van der Waals surface area contributed by atoms with Crippen LogP contribution in [-0.2, 0) is 6.54 Å². The maximum atomic E-state index is 4.76. The molecule has 1 unspecified atom stereocenters. The minimum absolute atomic E-state index is 0.144. The van der Waals surface area contributed by atoms with Gasteiger partial charge in [-0.1, -0.05) is 11.3 Å². The highest BCUT2D eigenvalue weighted by molar-refractivity contribution is 5.71. The Kier molecular flexibility index (Phi) is 3.21. The Morgan fingerprint density at radius 3 is 2.96 bits per heavy atom. The third-order valence-corrected chi connectivity index (χ3v) is 4.61. The quantitative estimate of drug-likeness (QED) is 0.554. The summed E-state index contributed by atoms with van der Waals surface area (Å²) in [6.45, 7) is 3.41. The summed E-state index contributed by atoms with van der Waals surface area (Å²) in [5.74, 6) is 0.144. The van der Waals surface area contributed by atoms with Crippen LogP contribution in [0.5, 0.6) is 0 Å². The molecule has 1 aliphatic rings. The minimum Gasteiger partial charge on any atom is -0.304 e. The van der Waals surface area contributed by atoms with Crippen LogP contribution in [-0.4, -0.2) is 59.2 Å². The van der Waals surface area contributed by atoms with E-state index in [1.165, 1.54) is 0 Å². The molecule has 0 radical (unpaired) electrons. The number of hydrogen-bond donors (Lipinski definition) is 0. The van der Waals surface area contributed by atoms with Crippen LogP contribution in [0.15, 0.2) is 35.8 Å². The molecule has 0 bridgehead atoms. The van der Waals surface area contributed by atoms with Gasteiger partial charge in [-0.15, -0.1) is 5.10 Å². The molecule has 1 aliphatic heterocycles. The molecule has 0 saturated carbocycles. The molecule has 5 heterocycles. The smallest absolute Gasteiger partial charge is 0.221 e. The van der Waals surface area contributed by atoms with E-state index < -0.39 is 0 Å². The van der Waals surface area contributed by atoms with E-state index in [2.05, 4.69) is 36.0 Å². The van der Waals surface area contributed by atoms with Gasteiger partial charge in [-0.25, -0.2) is 19.6 Å². The molecule has 9 heteroatoms. The number of pyridine rings is 1. The Labute approximate surface area is 149 Å². The van der Waals surface area contributed by atoms with E-state index in [-0.39, 0.29) is 5.92 Å². The van der Waals surface area contributed by atoms with Gasteiger partial charge in [-0.3, -0.25) is 5.01 Å². The first-order chi connectivity index (χ1) is 12.7. The number of fused-ring (bicyclic) bond motifs is 2. The van der Waals surface area contributed by atoms with Crippen molar-refractivity contribution in [3.63, 3.8) is 0 Å². The van der Waals surface area contributed by atoms with E-state index >= 15 is 0 Å². The summed E-state index contributed by atoms with van der Waals surface area (Å²) in [7, 11) is 1.95. The highest BCUT2D eigenvalue weighted by Gasteiger charge is 2.20. The lowest BCUT2D eigenvalue weighted by Crippen LogP contribution is -2.14. The second-order valence-electron chi connectivity index (χ2n) is 6.57. The van der Waals surface area contributed by atoms with Crippen LogP contribution in [0.2, 0.25) is 0 Å². The number of imidazole rings is 1. The van der Waals surface area contributed by atoms with Gasteiger partial charge in [0.2, 0.25) is 5.65 Å². The summed E-state index contributed by atoms with van der Waals surface area (Å²) in [5.41, 5.74) is 5.25. The van der Waals surface area contributed by atoms with Crippen LogP contribution in [0, 0.1) is 6.92 Å². The third kappa shape index (κ3) is 2.40. The third-order valence-electron chi connectivity index (χ3n) is 4.61. The molecule has 26 heavy (non-hydrogen) atoms. The normalized spacial score (nSPS) is 17.0. The van der Waals surface area contributed by atoms with Crippen molar-refractivity contribution in [1.82, 2.24) is 39.4 Å². The van der Waals surface area contributed by atoms with Crippen molar-refractivity contribution in [1.29, 1.82) is 0 Å². The van der Waals surface area contributed by atoms with E-state index in [1.807, 2.05) is 43.5 Å². The van der Waals surface area contributed by atoms with Crippen molar-refractivity contribution in [3.05, 3.63) is 47.7 Å². The number of hydrogen-bond acceptors (Lipinski definition) is 7. The summed E-state index contributed by atoms with van der Waals surface area (Å²) in [5, 5.41) is 14.6. The first-order valence-electron chi connectivity index (χ1n) is 8.41. The summed E-state index contributed by atoms with van der Waals surface area (Å²) < 4.78 is 3.85. The molecule has 0 fully saturated rings. The van der Waals surface area contributed by atoms with Gasteiger partial charge in [0.1, 0.15) is 5.65 Å². The molecule has 0 N–H and O–H groups in total. The van der Waals surface area contributed by atoms with E-state index in [4.69, 9.17) is 4.98 Å². The Bertz CT molecular complexity index is 1140. The zero-order chi connectivity index (χ0) is 17.7. The van der Waals surface area contributed by atoms with Gasteiger partial charge in [0.15, 0.2) is 5.65 Å². The van der Waals surface area contributed by atoms with E-state index in [0.717, 1.165) is 29.1 Å². The lowest BCUT2D eigenvalue weighted by Gasteiger charge is -2.09. The lowest BCUT2D eigenvalue weighted by atomic mass is 10.1. The molecule has 130 valence electrons. The van der Waals surface area contributed by atoms with Gasteiger partial charge in [-0.05, 0) is 18.6 Å². The minimum atomic E-state index is 0.144. The van der Waals surface area contributed by atoms with Crippen molar-refractivity contribution in [3.8, 4) is 0 Å². The first-order valence-corrected chi connectivity index (χ1v) is 8.41. The summed E-state index contributed by atoms with van der Waals surface area (Å²) in [6.07, 6.45) is 7.60. The largest absolute Gasteiger partial charge is 0.304 e. The molecule has 0 spiro atoms. The van der Waals surface area contributed by atoms with Gasteiger partial charge in [0, 0.05) is 37.9 Å². The molecule has 4 aromatic rings. The molecule has 0 amide bonds. The number of aromatic nitrogens is 7. The average Bonchev–Trinajstić information content (AvgIpc) is 3.35. The van der Waals surface area contributed by atoms with Gasteiger partial charge in [0.05, 0.1) is 24.4 Å². The standard InChI is InChI=1S/C17H17N9/c1-11-5-18-15-4-3-12(8-25(11)15)9-26-17-16(22-23-26)19-7-14(21-17)13-6-20-24(2)10-13/h3-8,13H,9-10H2,1-2H3. The molecule has 4 aromatic heterocycles. The van der Waals surface area contributed by atoms with Gasteiger partial charge >= 0.3 is 0 Å². The average molecular weight is 347 g/mol. The van der Waals surface area contributed by atoms with E-state index in [9.17, 15) is 0 Å². The van der Waals surface area contributed by atoms with Crippen LogP contribution >= 0.6 is 0 Å². The second kappa shape index (κ2) is 5.58. The van der Waals surface area contributed by atoms with Crippen molar-refractivity contribution >= 4 is 23.2 Å². The van der Waals surface area contributed by atoms with Crippen molar-refractivity contribution in [2.45, 2.75) is 19.4 Å². The summed E-state index contributed by atoms with van der Waals surface area (Å²) >= 11 is 0. The molecule has 5 rings (SSSR count). The Morgan fingerprint density at radius 1 is 1.19 bits per heavy atom. The molecule has 0 aliphatic carbocycles. The predicted octanol–water partition coefficient (Wildman–Crippen LogP) is 1.24. The van der Waals surface area contributed by atoms with Crippen LogP contribution in [0.25, 0.3) is 16.9 Å². The highest BCUT2D eigenvalue weighted by atomic mass is 15.5. The Balaban J connectivity index is 1.51. The maximum Gasteiger partial charge on any atom is 0.221 e. The summed E-state index contributed by atoms with van der Waals surface area (Å²) in [4.78, 5) is 13.5. The van der Waals surface area contributed by atoms with Crippen molar-refractivity contribution in [2.24, 2.45) is 5.10 Å². The zero-order valence-electron chi connectivity index (χ0n) is 14.5. The van der Waals surface area contributed by atoms with Crippen LogP contribution in [0.3, 0.4) is 0 Å². The van der Waals surface area contributed by atoms with Crippen LogP contribution < -0.4 is 0 Å². The Hall–Kier alpha value is -3.36. The van der Waals surface area contributed by atoms with E-state index in [1.54, 1.807) is 10.9 Å². The fourth-order valence-electron chi connectivity index (χ4n) is 3.21. The molecule has 0 aromatic carbocycles. The monoisotopic (exact) mass is 347 g/mol. The van der Waals surface area contributed by atoms with E-state index in [0.29, 0.717) is 17.8 Å². The zero-order valence-corrected chi connectivity index (χ0v) is 14.5. The maximum absolute atomic E-state index is 4.76. The SMILES string of the molecule is Cc1cnc2ccc(Cn3nnc4ncc(C5C=NN(C)C5)nc43)cn12. The lowest BCUT2D eigenvalue weighted by molar-refractivity contribution is 0.380. The molecular formula is C17H17N9. The Morgan fingerprint density at radius 2 is 2.12 bits per heavy atom. The molecule has 1 atom stereocenters. The van der Waals surface area contributed by atoms with Crippen molar-refractivity contribution < 1.29 is 0 Å². The van der Waals surface area contributed by atoms with Crippen LogP contribution in [0.4, 0.5) is 0 Å². The topological polar surface area (TPSA) is 89.4 Å². The number of rotatable bonds is 3. The predicted molar refractivity (Wildman–Crippen MR) is 96.0 cm³/mol. The van der Waals surface area contributed by atoms with Gasteiger partial charge in [-0.2, -0.15) is 5.10 Å². The van der Waals surface area contributed by atoms with Crippen molar-refractivity contribution in [2.75, 3.05) is 13.6 Å². The summed E-state index contributed by atoms with van der Waals surface area (Å²) in [6, 6.07) is 4.05. The van der Waals surface area contributed by atoms with Gasteiger partial charge in [0.25, 0.3) is 0 Å². The molecule has 9 nitrogen and oxygen atoms in total. The fraction of sp³-hybridized carbons (Fsp3) is 0.294. The number of likely N-dealkylation sites (N-methyl/N-ethyl adjacent to an activating group) is 1. The molecular weight excluding hydrogens is 330 g/mol. The highest BCUT2D eigenvalue weighted by Crippen LogP contribution is 2.19. The van der Waals surface area contributed by atoms with Crippen LogP contribution in [0.1, 0.15) is 22.9 Å². The first kappa shape index (κ1) is 14.9. The second-order valence-corrected chi connectivity index (χ2v) is 6.57. The molecule has 0 saturated heterocycles. The number of nitrogens with zero attached hydrogens (tertiary/aromatic N) is 9. The number of aryl methyl sites for hydroxylation is 1.